The van der Waals surface area contributed by atoms with Crippen molar-refractivity contribution < 1.29 is 4.79 Å². The molecule has 0 unspecified atom stereocenters. The fourth-order valence-electron chi connectivity index (χ4n) is 3.44. The number of nitrogens with one attached hydrogen (secondary N) is 1. The van der Waals surface area contributed by atoms with Crippen molar-refractivity contribution in [3.63, 3.8) is 0 Å². The fraction of sp³-hybridized carbons (Fsp3) is 0.0769. The van der Waals surface area contributed by atoms with Gasteiger partial charge in [-0.2, -0.15) is 5.26 Å². The van der Waals surface area contributed by atoms with Gasteiger partial charge in [-0.1, -0.05) is 51.8 Å². The Balaban J connectivity index is 1.55. The molecule has 0 atom stereocenters. The van der Waals surface area contributed by atoms with Crippen LogP contribution in [0, 0.1) is 11.3 Å². The minimum atomic E-state index is -0.439. The Bertz CT molecular complexity index is 1370. The van der Waals surface area contributed by atoms with Crippen molar-refractivity contribution in [1.82, 2.24) is 4.57 Å². The van der Waals surface area contributed by atoms with E-state index in [0.717, 1.165) is 43.2 Å². The Morgan fingerprint density at radius 2 is 1.91 bits per heavy atom. The lowest BCUT2D eigenvalue weighted by atomic mass is 10.1. The zero-order valence-electron chi connectivity index (χ0n) is 17.5. The molecule has 0 aliphatic heterocycles. The van der Waals surface area contributed by atoms with Gasteiger partial charge in [0.2, 0.25) is 0 Å². The highest BCUT2D eigenvalue weighted by atomic mass is 79.9. The molecule has 0 aliphatic rings. The van der Waals surface area contributed by atoms with E-state index < -0.39 is 5.91 Å². The van der Waals surface area contributed by atoms with E-state index >= 15 is 0 Å². The van der Waals surface area contributed by atoms with Gasteiger partial charge in [0.25, 0.3) is 5.91 Å². The van der Waals surface area contributed by atoms with E-state index in [9.17, 15) is 10.1 Å². The summed E-state index contributed by atoms with van der Waals surface area (Å²) in [6.07, 6.45) is 3.65. The monoisotopic (exact) mass is 535 g/mol. The normalized spacial score (nSPS) is 11.4. The van der Waals surface area contributed by atoms with E-state index in [0.29, 0.717) is 5.69 Å². The van der Waals surface area contributed by atoms with Crippen LogP contribution >= 0.6 is 39.3 Å². The first-order valence-corrected chi connectivity index (χ1v) is 12.3. The van der Waals surface area contributed by atoms with Crippen LogP contribution in [-0.2, 0) is 11.3 Å². The SMILES string of the molecule is N#C/C(=C/c1cn(CCSc2ccc(Cl)cc2)c2ccccc12)C(=O)Nc1cccc(Br)c1. The first-order valence-electron chi connectivity index (χ1n) is 10.2. The van der Waals surface area contributed by atoms with Gasteiger partial charge in [0.05, 0.1) is 0 Å². The van der Waals surface area contributed by atoms with Crippen LogP contribution < -0.4 is 5.32 Å². The van der Waals surface area contributed by atoms with Crippen molar-refractivity contribution >= 4 is 67.9 Å². The van der Waals surface area contributed by atoms with Crippen molar-refractivity contribution in [3.05, 3.63) is 99.6 Å². The van der Waals surface area contributed by atoms with Crippen molar-refractivity contribution in [2.75, 3.05) is 11.1 Å². The first-order chi connectivity index (χ1) is 16.0. The van der Waals surface area contributed by atoms with Gasteiger partial charge in [-0.3, -0.25) is 4.79 Å². The molecule has 0 bridgehead atoms. The van der Waals surface area contributed by atoms with Gasteiger partial charge in [-0.25, -0.2) is 0 Å². The summed E-state index contributed by atoms with van der Waals surface area (Å²) >= 11 is 11.1. The number of hydrogen-bond acceptors (Lipinski definition) is 3. The standard InChI is InChI=1S/C26H19BrClN3OS/c27-20-4-3-5-22(15-20)30-26(32)18(16-29)14-19-17-31(25-7-2-1-6-24(19)25)12-13-33-23-10-8-21(28)9-11-23/h1-11,14-15,17H,12-13H2,(H,30,32)/b18-14-. The largest absolute Gasteiger partial charge is 0.346 e. The van der Waals surface area contributed by atoms with Crippen LogP contribution in [0.25, 0.3) is 17.0 Å². The number of para-hydroxylation sites is 1. The molecular weight excluding hydrogens is 518 g/mol. The number of rotatable bonds is 7. The van der Waals surface area contributed by atoms with Crippen molar-refractivity contribution in [1.29, 1.82) is 5.26 Å². The summed E-state index contributed by atoms with van der Waals surface area (Å²) in [5.41, 5.74) is 2.57. The van der Waals surface area contributed by atoms with Gasteiger partial charge in [-0.05, 0) is 54.6 Å². The van der Waals surface area contributed by atoms with E-state index in [1.165, 1.54) is 0 Å². The molecule has 1 aromatic heterocycles. The maximum Gasteiger partial charge on any atom is 0.266 e. The smallest absolute Gasteiger partial charge is 0.266 e. The van der Waals surface area contributed by atoms with Crippen molar-refractivity contribution in [2.45, 2.75) is 11.4 Å². The topological polar surface area (TPSA) is 57.8 Å². The molecule has 33 heavy (non-hydrogen) atoms. The third-order valence-corrected chi connectivity index (χ3v) is 6.72. The van der Waals surface area contributed by atoms with Gasteiger partial charge >= 0.3 is 0 Å². The van der Waals surface area contributed by atoms with E-state index in [4.69, 9.17) is 11.6 Å². The number of aryl methyl sites for hydroxylation is 1. The highest BCUT2D eigenvalue weighted by Crippen LogP contribution is 2.26. The predicted molar refractivity (Wildman–Crippen MR) is 140 cm³/mol. The van der Waals surface area contributed by atoms with Gasteiger partial charge in [0, 0.05) is 55.0 Å². The van der Waals surface area contributed by atoms with Crippen LogP contribution in [0.5, 0.6) is 0 Å². The van der Waals surface area contributed by atoms with Crippen LogP contribution in [-0.4, -0.2) is 16.2 Å². The lowest BCUT2D eigenvalue weighted by molar-refractivity contribution is -0.112. The highest BCUT2D eigenvalue weighted by Gasteiger charge is 2.13. The summed E-state index contributed by atoms with van der Waals surface area (Å²) in [6, 6.07) is 25.1. The van der Waals surface area contributed by atoms with Crippen LogP contribution in [0.3, 0.4) is 0 Å². The predicted octanol–water partition coefficient (Wildman–Crippen LogP) is 7.40. The molecule has 0 saturated carbocycles. The Morgan fingerprint density at radius 3 is 2.67 bits per heavy atom. The second kappa shape index (κ2) is 10.8. The number of benzene rings is 3. The molecule has 164 valence electrons. The molecule has 0 aliphatic carbocycles. The molecule has 7 heteroatoms. The molecule has 1 N–H and O–H groups in total. The van der Waals surface area contributed by atoms with E-state index in [2.05, 4.69) is 25.8 Å². The average molecular weight is 537 g/mol. The molecule has 1 amide bonds. The number of nitrogens with zero attached hydrogens (tertiary/aromatic N) is 2. The van der Waals surface area contributed by atoms with Gasteiger partial charge in [0.1, 0.15) is 11.6 Å². The van der Waals surface area contributed by atoms with E-state index in [1.807, 2.05) is 72.9 Å². The number of carbonyl (C=O) groups is 1. The summed E-state index contributed by atoms with van der Waals surface area (Å²) in [7, 11) is 0. The summed E-state index contributed by atoms with van der Waals surface area (Å²) in [5, 5.41) is 14.2. The summed E-state index contributed by atoms with van der Waals surface area (Å²) in [6.45, 7) is 0.785. The molecule has 4 rings (SSSR count). The van der Waals surface area contributed by atoms with Crippen molar-refractivity contribution in [2.24, 2.45) is 0 Å². The minimum Gasteiger partial charge on any atom is -0.346 e. The van der Waals surface area contributed by atoms with Crippen molar-refractivity contribution in [3.8, 4) is 6.07 Å². The molecular formula is C26H19BrClN3OS. The molecule has 0 spiro atoms. The molecule has 4 nitrogen and oxygen atoms in total. The minimum absolute atomic E-state index is 0.0495. The Morgan fingerprint density at radius 1 is 1.12 bits per heavy atom. The molecule has 4 aromatic rings. The van der Waals surface area contributed by atoms with Gasteiger partial charge in [0.15, 0.2) is 0 Å². The maximum absolute atomic E-state index is 12.7. The van der Waals surface area contributed by atoms with E-state index in [1.54, 1.807) is 30.0 Å². The second-order valence-electron chi connectivity index (χ2n) is 7.23. The van der Waals surface area contributed by atoms with Crippen LogP contribution in [0.1, 0.15) is 5.56 Å². The number of fused-ring (bicyclic) bond motifs is 1. The summed E-state index contributed by atoms with van der Waals surface area (Å²) in [4.78, 5) is 13.9. The molecule has 1 heterocycles. The Hall–Kier alpha value is -2.98. The fourth-order valence-corrected chi connectivity index (χ4v) is 4.81. The highest BCUT2D eigenvalue weighted by molar-refractivity contribution is 9.10. The van der Waals surface area contributed by atoms with Crippen LogP contribution in [0.15, 0.2) is 93.9 Å². The lowest BCUT2D eigenvalue weighted by Crippen LogP contribution is -2.13. The summed E-state index contributed by atoms with van der Waals surface area (Å²) in [5.74, 6) is 0.434. The average Bonchev–Trinajstić information content (AvgIpc) is 3.16. The zero-order chi connectivity index (χ0) is 23.2. The molecule has 0 saturated heterocycles. The van der Waals surface area contributed by atoms with Crippen LogP contribution in [0.4, 0.5) is 5.69 Å². The first kappa shape index (κ1) is 23.2. The quantitative estimate of drug-likeness (QED) is 0.152. The maximum atomic E-state index is 12.7. The number of hydrogen-bond donors (Lipinski definition) is 1. The third-order valence-electron chi connectivity index (χ3n) is 4.98. The number of amides is 1. The molecule has 0 fully saturated rings. The number of anilines is 1. The zero-order valence-corrected chi connectivity index (χ0v) is 20.6. The summed E-state index contributed by atoms with van der Waals surface area (Å²) < 4.78 is 3.01. The second-order valence-corrected chi connectivity index (χ2v) is 9.75. The number of aromatic nitrogens is 1. The lowest BCUT2D eigenvalue weighted by Gasteiger charge is -2.05. The number of halogens is 2. The van der Waals surface area contributed by atoms with E-state index in [-0.39, 0.29) is 5.57 Å². The number of nitriles is 1. The number of carbonyl (C=O) groups excluding carboxylic acids is 1. The number of thioether (sulfide) groups is 1. The van der Waals surface area contributed by atoms with Gasteiger partial charge in [-0.15, -0.1) is 11.8 Å². The molecule has 0 radical (unpaired) electrons. The third kappa shape index (κ3) is 5.88. The van der Waals surface area contributed by atoms with Crippen LogP contribution in [0.2, 0.25) is 5.02 Å². The molecule has 3 aromatic carbocycles. The Kier molecular flexibility index (Phi) is 7.56. The Labute approximate surface area is 210 Å². The van der Waals surface area contributed by atoms with Gasteiger partial charge < -0.3 is 9.88 Å².